The van der Waals surface area contributed by atoms with Crippen LogP contribution in [0.1, 0.15) is 16.7 Å². The Morgan fingerprint density at radius 1 is 0.929 bits per heavy atom. The number of aromatic nitrogens is 2. The number of benzene rings is 2. The van der Waals surface area contributed by atoms with E-state index in [1.807, 2.05) is 26.0 Å². The molecule has 0 atom stereocenters. The highest BCUT2D eigenvalue weighted by molar-refractivity contribution is 7.15. The van der Waals surface area contributed by atoms with E-state index in [4.69, 9.17) is 14.2 Å². The van der Waals surface area contributed by atoms with Gasteiger partial charge in [0, 0.05) is 11.6 Å². The number of fused-ring (bicyclic) bond motifs is 3. The van der Waals surface area contributed by atoms with Crippen LogP contribution < -0.4 is 24.3 Å². The SMILES string of the molecule is COc1cc(OC)c(OC)cc1C=c1sc2nc3cc(C)c(C)cc3n2c1=O. The molecule has 0 aliphatic rings. The summed E-state index contributed by atoms with van der Waals surface area (Å²) in [5, 5.41) is 0. The van der Waals surface area contributed by atoms with Crippen molar-refractivity contribution in [2.45, 2.75) is 13.8 Å². The lowest BCUT2D eigenvalue weighted by Crippen LogP contribution is -2.22. The van der Waals surface area contributed by atoms with Crippen LogP contribution in [-0.2, 0) is 0 Å². The molecule has 7 heteroatoms. The zero-order valence-electron chi connectivity index (χ0n) is 16.3. The average molecular weight is 396 g/mol. The third kappa shape index (κ3) is 2.79. The van der Waals surface area contributed by atoms with E-state index in [-0.39, 0.29) is 5.56 Å². The van der Waals surface area contributed by atoms with E-state index in [9.17, 15) is 4.79 Å². The maximum absolute atomic E-state index is 13.1. The van der Waals surface area contributed by atoms with Crippen LogP contribution in [-0.4, -0.2) is 30.7 Å². The second kappa shape index (κ2) is 6.83. The van der Waals surface area contributed by atoms with Gasteiger partial charge in [-0.05, 0) is 49.2 Å². The van der Waals surface area contributed by atoms with Crippen LogP contribution in [0, 0.1) is 13.8 Å². The third-order valence-corrected chi connectivity index (χ3v) is 5.85. The topological polar surface area (TPSA) is 62.1 Å². The van der Waals surface area contributed by atoms with Gasteiger partial charge in [0.15, 0.2) is 16.5 Å². The van der Waals surface area contributed by atoms with Crippen LogP contribution in [0.2, 0.25) is 0 Å². The van der Waals surface area contributed by atoms with Gasteiger partial charge in [-0.1, -0.05) is 11.3 Å². The Balaban J connectivity index is 1.97. The number of ether oxygens (including phenoxy) is 3. The molecule has 0 saturated heterocycles. The second-order valence-corrected chi connectivity index (χ2v) is 7.53. The fraction of sp³-hybridized carbons (Fsp3) is 0.238. The molecule has 144 valence electrons. The second-order valence-electron chi connectivity index (χ2n) is 6.52. The van der Waals surface area contributed by atoms with Crippen molar-refractivity contribution < 1.29 is 14.2 Å². The molecule has 0 N–H and O–H groups in total. The normalized spacial score (nSPS) is 12.1. The highest BCUT2D eigenvalue weighted by Gasteiger charge is 2.14. The summed E-state index contributed by atoms with van der Waals surface area (Å²) in [5.74, 6) is 1.73. The van der Waals surface area contributed by atoms with Gasteiger partial charge in [0.1, 0.15) is 5.75 Å². The predicted molar refractivity (Wildman–Crippen MR) is 111 cm³/mol. The standard InChI is InChI=1S/C21H20N2O4S/c1-11-6-14-15(7-12(11)2)23-20(24)19(28-21(23)22-14)9-13-8-17(26-4)18(27-5)10-16(13)25-3/h6-10H,1-5H3. The summed E-state index contributed by atoms with van der Waals surface area (Å²) in [6.45, 7) is 4.08. The maximum atomic E-state index is 13.1. The number of aryl methyl sites for hydroxylation is 2. The number of hydrogen-bond donors (Lipinski definition) is 0. The summed E-state index contributed by atoms with van der Waals surface area (Å²) < 4.78 is 18.4. The lowest BCUT2D eigenvalue weighted by Gasteiger charge is -2.11. The number of imidazole rings is 1. The first-order chi connectivity index (χ1) is 13.5. The molecule has 0 saturated carbocycles. The Labute approximate surface area is 165 Å². The molecule has 28 heavy (non-hydrogen) atoms. The van der Waals surface area contributed by atoms with Crippen molar-refractivity contribution in [1.29, 1.82) is 0 Å². The van der Waals surface area contributed by atoms with Gasteiger partial charge in [0.2, 0.25) is 0 Å². The molecular formula is C21H20N2O4S. The van der Waals surface area contributed by atoms with Crippen LogP contribution in [0.3, 0.4) is 0 Å². The fourth-order valence-corrected chi connectivity index (χ4v) is 4.20. The van der Waals surface area contributed by atoms with Crippen molar-refractivity contribution >= 4 is 33.4 Å². The Bertz CT molecular complexity index is 1320. The molecule has 2 aromatic heterocycles. The van der Waals surface area contributed by atoms with Gasteiger partial charge in [-0.25, -0.2) is 9.38 Å². The zero-order chi connectivity index (χ0) is 20.0. The Hall–Kier alpha value is -3.06. The van der Waals surface area contributed by atoms with E-state index in [0.29, 0.717) is 26.7 Å². The number of hydrogen-bond acceptors (Lipinski definition) is 6. The van der Waals surface area contributed by atoms with E-state index in [1.54, 1.807) is 43.9 Å². The van der Waals surface area contributed by atoms with Crippen LogP contribution in [0.4, 0.5) is 0 Å². The maximum Gasteiger partial charge on any atom is 0.274 e. The molecule has 4 aromatic rings. The number of rotatable bonds is 4. The van der Waals surface area contributed by atoms with Crippen LogP contribution in [0.25, 0.3) is 22.1 Å². The molecular weight excluding hydrogens is 376 g/mol. The summed E-state index contributed by atoms with van der Waals surface area (Å²) >= 11 is 1.35. The molecule has 2 aromatic carbocycles. The highest BCUT2D eigenvalue weighted by atomic mass is 32.1. The summed E-state index contributed by atoms with van der Waals surface area (Å²) in [4.78, 5) is 18.4. The third-order valence-electron chi connectivity index (χ3n) is 4.88. The molecule has 4 rings (SSSR count). The van der Waals surface area contributed by atoms with Gasteiger partial charge in [-0.15, -0.1) is 0 Å². The molecule has 0 unspecified atom stereocenters. The van der Waals surface area contributed by atoms with Crippen LogP contribution >= 0.6 is 11.3 Å². The van der Waals surface area contributed by atoms with E-state index in [1.165, 1.54) is 11.3 Å². The molecule has 0 aliphatic carbocycles. The molecule has 2 heterocycles. The highest BCUT2D eigenvalue weighted by Crippen LogP contribution is 2.35. The Morgan fingerprint density at radius 2 is 1.57 bits per heavy atom. The minimum absolute atomic E-state index is 0.0948. The Morgan fingerprint density at radius 3 is 2.25 bits per heavy atom. The first-order valence-corrected chi connectivity index (χ1v) is 9.52. The van der Waals surface area contributed by atoms with E-state index >= 15 is 0 Å². The summed E-state index contributed by atoms with van der Waals surface area (Å²) in [6.07, 6.45) is 1.80. The van der Waals surface area contributed by atoms with Gasteiger partial charge in [-0.2, -0.15) is 0 Å². The van der Waals surface area contributed by atoms with Crippen molar-refractivity contribution in [2.75, 3.05) is 21.3 Å². The monoisotopic (exact) mass is 396 g/mol. The minimum Gasteiger partial charge on any atom is -0.496 e. The lowest BCUT2D eigenvalue weighted by atomic mass is 10.1. The Kier molecular flexibility index (Phi) is 4.47. The lowest BCUT2D eigenvalue weighted by molar-refractivity contribution is 0.348. The first-order valence-electron chi connectivity index (χ1n) is 8.70. The zero-order valence-corrected chi connectivity index (χ0v) is 17.1. The van der Waals surface area contributed by atoms with Crippen molar-refractivity contribution in [3.05, 3.63) is 55.8 Å². The van der Waals surface area contributed by atoms with Crippen molar-refractivity contribution in [3.63, 3.8) is 0 Å². The van der Waals surface area contributed by atoms with Gasteiger partial charge in [0.05, 0.1) is 36.9 Å². The van der Waals surface area contributed by atoms with Gasteiger partial charge in [-0.3, -0.25) is 4.79 Å². The van der Waals surface area contributed by atoms with Gasteiger partial charge >= 0.3 is 0 Å². The molecule has 0 spiro atoms. The molecule has 0 amide bonds. The quantitative estimate of drug-likeness (QED) is 0.530. The fourth-order valence-electron chi connectivity index (χ4n) is 3.23. The summed E-state index contributed by atoms with van der Waals surface area (Å²) in [5.41, 5.74) is 4.60. The van der Waals surface area contributed by atoms with E-state index < -0.39 is 0 Å². The summed E-state index contributed by atoms with van der Waals surface area (Å²) in [7, 11) is 4.72. The van der Waals surface area contributed by atoms with Crippen LogP contribution in [0.15, 0.2) is 29.1 Å². The number of methoxy groups -OCH3 is 3. The van der Waals surface area contributed by atoms with E-state index in [2.05, 4.69) is 4.98 Å². The van der Waals surface area contributed by atoms with Crippen LogP contribution in [0.5, 0.6) is 17.2 Å². The predicted octanol–water partition coefficient (Wildman–Crippen LogP) is 3.10. The molecule has 6 nitrogen and oxygen atoms in total. The minimum atomic E-state index is -0.0948. The number of nitrogens with zero attached hydrogens (tertiary/aromatic N) is 2. The largest absolute Gasteiger partial charge is 0.496 e. The average Bonchev–Trinajstić information content (AvgIpc) is 3.18. The number of thiazole rings is 1. The van der Waals surface area contributed by atoms with E-state index in [0.717, 1.165) is 27.7 Å². The smallest absolute Gasteiger partial charge is 0.274 e. The molecule has 0 radical (unpaired) electrons. The molecule has 0 bridgehead atoms. The van der Waals surface area contributed by atoms with Gasteiger partial charge < -0.3 is 14.2 Å². The first kappa shape index (κ1) is 18.3. The van der Waals surface area contributed by atoms with Crippen molar-refractivity contribution in [3.8, 4) is 17.2 Å². The molecule has 0 aliphatic heterocycles. The molecule has 0 fully saturated rings. The summed E-state index contributed by atoms with van der Waals surface area (Å²) in [6, 6.07) is 7.57. The van der Waals surface area contributed by atoms with Crippen molar-refractivity contribution in [2.24, 2.45) is 0 Å². The van der Waals surface area contributed by atoms with Crippen molar-refractivity contribution in [1.82, 2.24) is 9.38 Å². The van der Waals surface area contributed by atoms with Gasteiger partial charge in [0.25, 0.3) is 5.56 Å².